The van der Waals surface area contributed by atoms with Gasteiger partial charge in [0.15, 0.2) is 17.4 Å². The molecule has 1 N–H and O–H groups in total. The molecule has 0 aliphatic heterocycles. The number of hydrogen-bond donors (Lipinski definition) is 1. The minimum absolute atomic E-state index is 0.294. The van der Waals surface area contributed by atoms with Crippen LogP contribution >= 0.6 is 0 Å². The molecular weight excluding hydrogens is 436 g/mol. The first-order chi connectivity index (χ1) is 16.4. The van der Waals surface area contributed by atoms with Gasteiger partial charge in [-0.1, -0.05) is 29.4 Å². The van der Waals surface area contributed by atoms with Crippen molar-refractivity contribution in [3.8, 4) is 22.6 Å². The fourth-order valence-electron chi connectivity index (χ4n) is 4.22. The van der Waals surface area contributed by atoms with E-state index in [1.54, 1.807) is 17.7 Å². The van der Waals surface area contributed by atoms with E-state index in [0.29, 0.717) is 30.0 Å². The maximum absolute atomic E-state index is 14.5. The van der Waals surface area contributed by atoms with Gasteiger partial charge in [-0.05, 0) is 38.5 Å². The summed E-state index contributed by atoms with van der Waals surface area (Å²) in [7, 11) is 0. The lowest BCUT2D eigenvalue weighted by Crippen LogP contribution is -2.13. The standard InChI is InChI=1S/C26H23F2N5O/c1-15-10-21(27)24(28)25-20(15)11-17(3)33(25)9-8-29-23-12-22(30-14-31-23)18-4-6-19(7-5-18)26-16(2)13-32-34-26/h4-7,10-14H,8-9H2,1-3H3,(H,29,30,31). The van der Waals surface area contributed by atoms with E-state index in [9.17, 15) is 8.78 Å². The molecule has 3 heterocycles. The molecule has 6 nitrogen and oxygen atoms in total. The van der Waals surface area contributed by atoms with Gasteiger partial charge in [0.2, 0.25) is 0 Å². The molecular formula is C26H23F2N5O. The number of rotatable bonds is 6. The number of aryl methyl sites for hydroxylation is 3. The largest absolute Gasteiger partial charge is 0.368 e. The van der Waals surface area contributed by atoms with E-state index in [1.165, 1.54) is 12.4 Å². The molecule has 3 aromatic heterocycles. The van der Waals surface area contributed by atoms with Crippen molar-refractivity contribution in [2.75, 3.05) is 11.9 Å². The van der Waals surface area contributed by atoms with Crippen LogP contribution in [-0.4, -0.2) is 26.2 Å². The highest BCUT2D eigenvalue weighted by Gasteiger charge is 2.16. The number of nitrogens with zero attached hydrogens (tertiary/aromatic N) is 4. The summed E-state index contributed by atoms with van der Waals surface area (Å²) in [4.78, 5) is 8.68. The van der Waals surface area contributed by atoms with Gasteiger partial charge in [-0.3, -0.25) is 0 Å². The van der Waals surface area contributed by atoms with Crippen molar-refractivity contribution >= 4 is 16.7 Å². The second-order valence-electron chi connectivity index (χ2n) is 8.32. The molecule has 0 atom stereocenters. The van der Waals surface area contributed by atoms with Crippen LogP contribution in [0.5, 0.6) is 0 Å². The molecule has 0 aliphatic carbocycles. The molecule has 172 valence electrons. The van der Waals surface area contributed by atoms with Crippen LogP contribution in [0.1, 0.15) is 16.8 Å². The highest BCUT2D eigenvalue weighted by molar-refractivity contribution is 5.85. The molecule has 5 aromatic rings. The maximum atomic E-state index is 14.5. The van der Waals surface area contributed by atoms with Gasteiger partial charge in [-0.2, -0.15) is 0 Å². The molecule has 0 radical (unpaired) electrons. The fourth-order valence-corrected chi connectivity index (χ4v) is 4.22. The van der Waals surface area contributed by atoms with E-state index in [2.05, 4.69) is 20.4 Å². The molecule has 0 aliphatic rings. The highest BCUT2D eigenvalue weighted by atomic mass is 19.2. The second kappa shape index (κ2) is 8.70. The molecule has 0 saturated carbocycles. The number of hydrogen-bond acceptors (Lipinski definition) is 5. The highest BCUT2D eigenvalue weighted by Crippen LogP contribution is 2.28. The normalized spacial score (nSPS) is 11.3. The van der Waals surface area contributed by atoms with Crippen molar-refractivity contribution in [1.82, 2.24) is 19.7 Å². The number of aromatic nitrogens is 4. The maximum Gasteiger partial charge on any atom is 0.183 e. The van der Waals surface area contributed by atoms with E-state index in [-0.39, 0.29) is 0 Å². The smallest absolute Gasteiger partial charge is 0.183 e. The molecule has 0 bridgehead atoms. The lowest BCUT2D eigenvalue weighted by atomic mass is 10.1. The van der Waals surface area contributed by atoms with Gasteiger partial charge in [0.25, 0.3) is 0 Å². The third kappa shape index (κ3) is 3.91. The van der Waals surface area contributed by atoms with Crippen LogP contribution in [0, 0.1) is 32.4 Å². The Morgan fingerprint density at radius 3 is 2.44 bits per heavy atom. The minimum atomic E-state index is -0.831. The van der Waals surface area contributed by atoms with Gasteiger partial charge < -0.3 is 14.4 Å². The molecule has 2 aromatic carbocycles. The Kier molecular flexibility index (Phi) is 5.57. The van der Waals surface area contributed by atoms with Crippen LogP contribution < -0.4 is 5.32 Å². The van der Waals surface area contributed by atoms with Crippen molar-refractivity contribution in [3.05, 3.63) is 83.4 Å². The fraction of sp³-hybridized carbons (Fsp3) is 0.192. The average Bonchev–Trinajstić information content (AvgIpc) is 3.41. The predicted octanol–water partition coefficient (Wildman–Crippen LogP) is 6.07. The van der Waals surface area contributed by atoms with E-state index in [4.69, 9.17) is 4.52 Å². The molecule has 5 rings (SSSR count). The Hall–Kier alpha value is -4.07. The van der Waals surface area contributed by atoms with Crippen molar-refractivity contribution in [2.24, 2.45) is 0 Å². The molecule has 0 spiro atoms. The molecule has 0 amide bonds. The zero-order chi connectivity index (χ0) is 23.8. The first kappa shape index (κ1) is 21.8. The lowest BCUT2D eigenvalue weighted by molar-refractivity contribution is 0.432. The van der Waals surface area contributed by atoms with Gasteiger partial charge in [0.05, 0.1) is 17.4 Å². The zero-order valence-electron chi connectivity index (χ0n) is 19.1. The van der Waals surface area contributed by atoms with Gasteiger partial charge in [0.1, 0.15) is 12.1 Å². The second-order valence-corrected chi connectivity index (χ2v) is 8.32. The van der Waals surface area contributed by atoms with Gasteiger partial charge in [-0.15, -0.1) is 0 Å². The van der Waals surface area contributed by atoms with Crippen LogP contribution in [-0.2, 0) is 6.54 Å². The van der Waals surface area contributed by atoms with Crippen LogP contribution in [0.2, 0.25) is 0 Å². The Morgan fingerprint density at radius 2 is 1.71 bits per heavy atom. The monoisotopic (exact) mass is 459 g/mol. The summed E-state index contributed by atoms with van der Waals surface area (Å²) in [5.41, 5.74) is 5.51. The quantitative estimate of drug-likeness (QED) is 0.334. The van der Waals surface area contributed by atoms with Gasteiger partial charge >= 0.3 is 0 Å². The summed E-state index contributed by atoms with van der Waals surface area (Å²) < 4.78 is 35.6. The van der Waals surface area contributed by atoms with E-state index in [1.807, 2.05) is 50.2 Å². The van der Waals surface area contributed by atoms with Crippen LogP contribution in [0.25, 0.3) is 33.5 Å². The predicted molar refractivity (Wildman–Crippen MR) is 128 cm³/mol. The minimum Gasteiger partial charge on any atom is -0.368 e. The first-order valence-electron chi connectivity index (χ1n) is 10.9. The first-order valence-corrected chi connectivity index (χ1v) is 10.9. The van der Waals surface area contributed by atoms with Crippen molar-refractivity contribution < 1.29 is 13.3 Å². The summed E-state index contributed by atoms with van der Waals surface area (Å²) in [5, 5.41) is 7.82. The van der Waals surface area contributed by atoms with Crippen LogP contribution in [0.3, 0.4) is 0 Å². The number of benzene rings is 2. The summed E-state index contributed by atoms with van der Waals surface area (Å²) >= 11 is 0. The van der Waals surface area contributed by atoms with Crippen LogP contribution in [0.15, 0.2) is 59.5 Å². The van der Waals surface area contributed by atoms with Crippen molar-refractivity contribution in [3.63, 3.8) is 0 Å². The molecule has 0 fully saturated rings. The van der Waals surface area contributed by atoms with Gasteiger partial charge in [-0.25, -0.2) is 18.7 Å². The number of fused-ring (bicyclic) bond motifs is 1. The van der Waals surface area contributed by atoms with Crippen molar-refractivity contribution in [2.45, 2.75) is 27.3 Å². The lowest BCUT2D eigenvalue weighted by Gasteiger charge is -2.12. The Labute approximate surface area is 195 Å². The summed E-state index contributed by atoms with van der Waals surface area (Å²) in [6.45, 7) is 6.57. The van der Waals surface area contributed by atoms with Gasteiger partial charge in [0, 0.05) is 46.9 Å². The average molecular weight is 460 g/mol. The molecule has 0 saturated heterocycles. The number of halogens is 2. The number of nitrogens with one attached hydrogen (secondary N) is 1. The van der Waals surface area contributed by atoms with E-state index in [0.717, 1.165) is 39.2 Å². The zero-order valence-corrected chi connectivity index (χ0v) is 19.1. The molecule has 0 unspecified atom stereocenters. The summed E-state index contributed by atoms with van der Waals surface area (Å²) in [6.07, 6.45) is 3.19. The SMILES string of the molecule is Cc1cnoc1-c1ccc(-c2cc(NCCn3c(C)cc4c(C)cc(F)c(F)c43)ncn2)cc1. The third-order valence-corrected chi connectivity index (χ3v) is 5.99. The van der Waals surface area contributed by atoms with E-state index < -0.39 is 11.6 Å². The number of anilines is 1. The Balaban J connectivity index is 1.32. The molecule has 8 heteroatoms. The Morgan fingerprint density at radius 1 is 0.941 bits per heavy atom. The summed E-state index contributed by atoms with van der Waals surface area (Å²) in [6, 6.07) is 12.9. The third-order valence-electron chi connectivity index (χ3n) is 5.99. The Bertz CT molecular complexity index is 1490. The van der Waals surface area contributed by atoms with Crippen LogP contribution in [0.4, 0.5) is 14.6 Å². The summed E-state index contributed by atoms with van der Waals surface area (Å²) in [5.74, 6) is -0.253. The molecule has 34 heavy (non-hydrogen) atoms. The van der Waals surface area contributed by atoms with E-state index >= 15 is 0 Å². The topological polar surface area (TPSA) is 68.8 Å². The van der Waals surface area contributed by atoms with Crippen molar-refractivity contribution in [1.29, 1.82) is 0 Å².